The van der Waals surface area contributed by atoms with E-state index in [0.29, 0.717) is 5.56 Å². The number of hydrogen-bond acceptors (Lipinski definition) is 5. The van der Waals surface area contributed by atoms with E-state index in [-0.39, 0.29) is 17.7 Å². The van der Waals surface area contributed by atoms with Gasteiger partial charge in [0.25, 0.3) is 0 Å². The molecule has 1 amide bonds. The monoisotopic (exact) mass is 303 g/mol. The summed E-state index contributed by atoms with van der Waals surface area (Å²) in [7, 11) is 0. The predicted molar refractivity (Wildman–Crippen MR) is 79.5 cm³/mol. The number of alkyl carbamates (subject to hydrolysis) is 1. The van der Waals surface area contributed by atoms with Crippen LogP contribution in [0.5, 0.6) is 0 Å². The average Bonchev–Trinajstić information content (AvgIpc) is 2.69. The Labute approximate surface area is 128 Å². The molecule has 1 aromatic carbocycles. The van der Waals surface area contributed by atoms with Gasteiger partial charge in [0.15, 0.2) is 0 Å². The first-order valence-electron chi connectivity index (χ1n) is 6.81. The number of amides is 1. The second kappa shape index (κ2) is 6.01. The van der Waals surface area contributed by atoms with Crippen molar-refractivity contribution in [2.24, 2.45) is 0 Å². The molecule has 116 valence electrons. The fourth-order valence-corrected chi connectivity index (χ4v) is 1.94. The minimum absolute atomic E-state index is 0.238. The number of ether oxygens (including phenoxy) is 2. The van der Waals surface area contributed by atoms with Crippen molar-refractivity contribution in [3.05, 3.63) is 41.0 Å². The molecule has 1 N–H and O–H groups in total. The number of rotatable bonds is 3. The highest BCUT2D eigenvalue weighted by molar-refractivity contribution is 6.16. The highest BCUT2D eigenvalue weighted by atomic mass is 16.6. The number of carbonyl (C=O) groups is 3. The Balaban J connectivity index is 2.00. The molecular weight excluding hydrogens is 286 g/mol. The molecule has 0 fully saturated rings. The summed E-state index contributed by atoms with van der Waals surface area (Å²) >= 11 is 0. The van der Waals surface area contributed by atoms with Gasteiger partial charge in [-0.15, -0.1) is 0 Å². The van der Waals surface area contributed by atoms with Gasteiger partial charge in [-0.05, 0) is 32.4 Å². The summed E-state index contributed by atoms with van der Waals surface area (Å²) in [6, 6.07) is 4.90. The van der Waals surface area contributed by atoms with Crippen LogP contribution in [0.2, 0.25) is 0 Å². The fourth-order valence-electron chi connectivity index (χ4n) is 1.94. The van der Waals surface area contributed by atoms with Crippen LogP contribution in [0.3, 0.4) is 0 Å². The van der Waals surface area contributed by atoms with Crippen molar-refractivity contribution in [1.82, 2.24) is 5.32 Å². The predicted octanol–water partition coefficient (Wildman–Crippen LogP) is 2.54. The maximum absolute atomic E-state index is 11.6. The third-order valence-corrected chi connectivity index (χ3v) is 2.77. The van der Waals surface area contributed by atoms with Crippen LogP contribution in [0.25, 0.3) is 6.08 Å². The highest BCUT2D eigenvalue weighted by Crippen LogP contribution is 2.24. The first-order valence-corrected chi connectivity index (χ1v) is 6.81. The molecule has 6 heteroatoms. The standard InChI is InChI=1S/C16H17NO5/c1-16(2,3)22-15(20)17-9-5-7-10-6-4-8-11-12(10)14(19)21-13(11)18/h4-8H,9H2,1-3H3,(H,17,20). The largest absolute Gasteiger partial charge is 0.444 e. The lowest BCUT2D eigenvalue weighted by atomic mass is 10.0. The minimum atomic E-state index is -0.652. The molecule has 0 spiro atoms. The van der Waals surface area contributed by atoms with Crippen LogP contribution in [0, 0.1) is 0 Å². The van der Waals surface area contributed by atoms with Crippen LogP contribution in [0.4, 0.5) is 4.79 Å². The Morgan fingerprint density at radius 1 is 1.27 bits per heavy atom. The first kappa shape index (κ1) is 15.8. The van der Waals surface area contributed by atoms with Crippen molar-refractivity contribution in [3.63, 3.8) is 0 Å². The van der Waals surface area contributed by atoms with Gasteiger partial charge in [-0.2, -0.15) is 0 Å². The van der Waals surface area contributed by atoms with Crippen molar-refractivity contribution >= 4 is 24.1 Å². The van der Waals surface area contributed by atoms with E-state index < -0.39 is 23.6 Å². The lowest BCUT2D eigenvalue weighted by molar-refractivity contribution is 0.0441. The number of nitrogens with one attached hydrogen (secondary N) is 1. The molecule has 0 aromatic heterocycles. The van der Waals surface area contributed by atoms with Crippen molar-refractivity contribution in [2.45, 2.75) is 26.4 Å². The Hall–Kier alpha value is -2.63. The van der Waals surface area contributed by atoms with Gasteiger partial charge in [-0.1, -0.05) is 24.3 Å². The third-order valence-electron chi connectivity index (χ3n) is 2.77. The molecule has 0 saturated carbocycles. The normalized spacial score (nSPS) is 14.0. The summed E-state index contributed by atoms with van der Waals surface area (Å²) in [6.07, 6.45) is 2.79. The van der Waals surface area contributed by atoms with E-state index in [0.717, 1.165) is 0 Å². The average molecular weight is 303 g/mol. The van der Waals surface area contributed by atoms with E-state index in [4.69, 9.17) is 4.74 Å². The minimum Gasteiger partial charge on any atom is -0.444 e. The van der Waals surface area contributed by atoms with Gasteiger partial charge in [0.2, 0.25) is 0 Å². The van der Waals surface area contributed by atoms with E-state index in [2.05, 4.69) is 10.1 Å². The Bertz CT molecular complexity index is 655. The maximum atomic E-state index is 11.6. The van der Waals surface area contributed by atoms with Crippen LogP contribution in [0.1, 0.15) is 47.1 Å². The summed E-state index contributed by atoms with van der Waals surface area (Å²) in [5, 5.41) is 2.57. The topological polar surface area (TPSA) is 81.7 Å². The van der Waals surface area contributed by atoms with E-state index >= 15 is 0 Å². The van der Waals surface area contributed by atoms with Gasteiger partial charge in [-0.25, -0.2) is 14.4 Å². The molecule has 0 saturated heterocycles. The lowest BCUT2D eigenvalue weighted by Crippen LogP contribution is -2.32. The smallest absolute Gasteiger partial charge is 0.407 e. The maximum Gasteiger partial charge on any atom is 0.407 e. The molecule has 6 nitrogen and oxygen atoms in total. The van der Waals surface area contributed by atoms with Crippen molar-refractivity contribution < 1.29 is 23.9 Å². The van der Waals surface area contributed by atoms with E-state index in [1.165, 1.54) is 0 Å². The molecule has 22 heavy (non-hydrogen) atoms. The third kappa shape index (κ3) is 3.72. The first-order chi connectivity index (χ1) is 10.3. The van der Waals surface area contributed by atoms with Crippen LogP contribution in [0.15, 0.2) is 24.3 Å². The van der Waals surface area contributed by atoms with Gasteiger partial charge >= 0.3 is 18.0 Å². The number of esters is 2. The van der Waals surface area contributed by atoms with Crippen molar-refractivity contribution in [1.29, 1.82) is 0 Å². The number of cyclic esters (lactones) is 2. The fraction of sp³-hybridized carbons (Fsp3) is 0.312. The molecule has 0 unspecified atom stereocenters. The summed E-state index contributed by atoms with van der Waals surface area (Å²) in [6.45, 7) is 5.57. The van der Waals surface area contributed by atoms with Gasteiger partial charge in [0.1, 0.15) is 5.60 Å². The highest BCUT2D eigenvalue weighted by Gasteiger charge is 2.31. The molecule has 1 heterocycles. The van der Waals surface area contributed by atoms with Gasteiger partial charge in [0.05, 0.1) is 11.1 Å². The molecule has 0 bridgehead atoms. The van der Waals surface area contributed by atoms with Crippen molar-refractivity contribution in [2.75, 3.05) is 6.54 Å². The lowest BCUT2D eigenvalue weighted by Gasteiger charge is -2.19. The summed E-state index contributed by atoms with van der Waals surface area (Å²) in [4.78, 5) is 34.5. The second-order valence-corrected chi connectivity index (χ2v) is 5.73. The quantitative estimate of drug-likeness (QED) is 0.685. The number of carbonyl (C=O) groups excluding carboxylic acids is 3. The molecular formula is C16H17NO5. The van der Waals surface area contributed by atoms with E-state index in [1.54, 1.807) is 51.1 Å². The number of benzene rings is 1. The van der Waals surface area contributed by atoms with Gasteiger partial charge in [0, 0.05) is 6.54 Å². The number of fused-ring (bicyclic) bond motifs is 1. The zero-order valence-electron chi connectivity index (χ0n) is 12.6. The number of hydrogen-bond donors (Lipinski definition) is 1. The van der Waals surface area contributed by atoms with Crippen LogP contribution in [-0.2, 0) is 9.47 Å². The Morgan fingerprint density at radius 3 is 2.68 bits per heavy atom. The SMILES string of the molecule is CC(C)(C)OC(=O)NCC=Cc1cccc2c1C(=O)OC2=O. The summed E-state index contributed by atoms with van der Waals surface area (Å²) in [5.74, 6) is -1.29. The summed E-state index contributed by atoms with van der Waals surface area (Å²) in [5.41, 5.74) is 0.519. The van der Waals surface area contributed by atoms with E-state index in [9.17, 15) is 14.4 Å². The molecule has 2 rings (SSSR count). The second-order valence-electron chi connectivity index (χ2n) is 5.73. The molecule has 1 aromatic rings. The Morgan fingerprint density at radius 2 is 2.00 bits per heavy atom. The van der Waals surface area contributed by atoms with Crippen LogP contribution >= 0.6 is 0 Å². The zero-order valence-corrected chi connectivity index (χ0v) is 12.6. The van der Waals surface area contributed by atoms with Crippen LogP contribution in [-0.4, -0.2) is 30.2 Å². The molecule has 1 aliphatic rings. The molecule has 0 radical (unpaired) electrons. The molecule has 0 aliphatic carbocycles. The zero-order chi connectivity index (χ0) is 16.3. The Kier molecular flexibility index (Phi) is 4.30. The van der Waals surface area contributed by atoms with Crippen LogP contribution < -0.4 is 5.32 Å². The summed E-state index contributed by atoms with van der Waals surface area (Å²) < 4.78 is 9.66. The van der Waals surface area contributed by atoms with Gasteiger partial charge in [-0.3, -0.25) is 0 Å². The van der Waals surface area contributed by atoms with E-state index in [1.807, 2.05) is 0 Å². The molecule has 1 aliphatic heterocycles. The van der Waals surface area contributed by atoms with Crippen molar-refractivity contribution in [3.8, 4) is 0 Å². The van der Waals surface area contributed by atoms with Gasteiger partial charge < -0.3 is 14.8 Å². The molecule has 0 atom stereocenters.